The molecule has 0 aliphatic heterocycles. The van der Waals surface area contributed by atoms with E-state index < -0.39 is 0 Å². The van der Waals surface area contributed by atoms with Crippen molar-refractivity contribution in [2.75, 3.05) is 34.4 Å². The SMILES string of the molecule is COc1cc(C(CCc2ccccc2)CNCC=O)cc(OC)c1OC. The van der Waals surface area contributed by atoms with Crippen LogP contribution in [0.1, 0.15) is 23.5 Å². The van der Waals surface area contributed by atoms with E-state index in [1.165, 1.54) is 5.56 Å². The fraction of sp³-hybridized carbons (Fsp3) is 0.381. The molecule has 0 saturated carbocycles. The maximum atomic E-state index is 10.7. The Morgan fingerprint density at radius 1 is 1.00 bits per heavy atom. The van der Waals surface area contributed by atoms with Crippen LogP contribution in [0.25, 0.3) is 0 Å². The van der Waals surface area contributed by atoms with Crippen molar-refractivity contribution in [3.63, 3.8) is 0 Å². The minimum atomic E-state index is 0.212. The highest BCUT2D eigenvalue weighted by molar-refractivity contribution is 5.55. The lowest BCUT2D eigenvalue weighted by atomic mass is 9.91. The Hall–Kier alpha value is -2.53. The predicted molar refractivity (Wildman–Crippen MR) is 103 cm³/mol. The van der Waals surface area contributed by atoms with Crippen molar-refractivity contribution < 1.29 is 19.0 Å². The number of hydrogen-bond donors (Lipinski definition) is 1. The first-order valence-corrected chi connectivity index (χ1v) is 8.71. The second kappa shape index (κ2) is 10.5. The van der Waals surface area contributed by atoms with Gasteiger partial charge in [0.25, 0.3) is 0 Å². The molecule has 0 fully saturated rings. The van der Waals surface area contributed by atoms with Crippen LogP contribution in [0, 0.1) is 0 Å². The molecule has 0 spiro atoms. The van der Waals surface area contributed by atoms with Gasteiger partial charge >= 0.3 is 0 Å². The average molecular weight is 357 g/mol. The van der Waals surface area contributed by atoms with Crippen molar-refractivity contribution in [3.8, 4) is 17.2 Å². The topological polar surface area (TPSA) is 56.8 Å². The van der Waals surface area contributed by atoms with Crippen LogP contribution in [0.3, 0.4) is 0 Å². The molecule has 0 saturated heterocycles. The van der Waals surface area contributed by atoms with E-state index in [1.54, 1.807) is 21.3 Å². The summed E-state index contributed by atoms with van der Waals surface area (Å²) >= 11 is 0. The molecular weight excluding hydrogens is 330 g/mol. The van der Waals surface area contributed by atoms with E-state index in [1.807, 2.05) is 18.2 Å². The molecule has 5 nitrogen and oxygen atoms in total. The molecule has 0 bridgehead atoms. The first kappa shape index (κ1) is 19.8. The van der Waals surface area contributed by atoms with E-state index in [0.717, 1.165) is 24.7 Å². The molecule has 0 heterocycles. The lowest BCUT2D eigenvalue weighted by Gasteiger charge is -2.21. The van der Waals surface area contributed by atoms with E-state index in [2.05, 4.69) is 29.6 Å². The standard InChI is InChI=1S/C21H27NO4/c1-24-19-13-18(14-20(25-2)21(19)26-3)17(15-22-11-12-23)10-9-16-7-5-4-6-8-16/h4-8,12-14,17,22H,9-11,15H2,1-3H3. The highest BCUT2D eigenvalue weighted by atomic mass is 16.5. The molecule has 2 rings (SSSR count). The van der Waals surface area contributed by atoms with Crippen LogP contribution >= 0.6 is 0 Å². The predicted octanol–water partition coefficient (Wildman–Crippen LogP) is 3.22. The van der Waals surface area contributed by atoms with E-state index in [9.17, 15) is 4.79 Å². The van der Waals surface area contributed by atoms with Gasteiger partial charge in [-0.05, 0) is 42.0 Å². The first-order chi connectivity index (χ1) is 12.7. The van der Waals surface area contributed by atoms with Crippen molar-refractivity contribution in [1.29, 1.82) is 0 Å². The van der Waals surface area contributed by atoms with Gasteiger partial charge in [0.15, 0.2) is 11.5 Å². The Labute approximate surface area is 155 Å². The summed E-state index contributed by atoms with van der Waals surface area (Å²) in [4.78, 5) is 10.7. The average Bonchev–Trinajstić information content (AvgIpc) is 2.70. The van der Waals surface area contributed by atoms with E-state index in [0.29, 0.717) is 30.3 Å². The fourth-order valence-electron chi connectivity index (χ4n) is 3.03. The molecule has 0 radical (unpaired) electrons. The normalized spacial score (nSPS) is 11.7. The van der Waals surface area contributed by atoms with Gasteiger partial charge in [0, 0.05) is 6.54 Å². The van der Waals surface area contributed by atoms with Crippen molar-refractivity contribution in [1.82, 2.24) is 5.32 Å². The minimum Gasteiger partial charge on any atom is -0.493 e. The smallest absolute Gasteiger partial charge is 0.203 e. The summed E-state index contributed by atoms with van der Waals surface area (Å²) in [6, 6.07) is 14.4. The van der Waals surface area contributed by atoms with Gasteiger partial charge in [-0.15, -0.1) is 0 Å². The number of benzene rings is 2. The lowest BCUT2D eigenvalue weighted by Crippen LogP contribution is -2.24. The number of aryl methyl sites for hydroxylation is 1. The summed E-state index contributed by atoms with van der Waals surface area (Å²) in [5, 5.41) is 3.19. The number of nitrogens with one attached hydrogen (secondary N) is 1. The van der Waals surface area contributed by atoms with Crippen LogP contribution < -0.4 is 19.5 Å². The maximum absolute atomic E-state index is 10.7. The van der Waals surface area contributed by atoms with Crippen molar-refractivity contribution >= 4 is 6.29 Å². The van der Waals surface area contributed by atoms with Crippen LogP contribution in [-0.4, -0.2) is 40.7 Å². The van der Waals surface area contributed by atoms with Crippen LogP contribution in [0.4, 0.5) is 0 Å². The van der Waals surface area contributed by atoms with Crippen LogP contribution in [0.2, 0.25) is 0 Å². The monoisotopic (exact) mass is 357 g/mol. The van der Waals surface area contributed by atoms with Crippen LogP contribution in [0.15, 0.2) is 42.5 Å². The van der Waals surface area contributed by atoms with Crippen LogP contribution in [0.5, 0.6) is 17.2 Å². The van der Waals surface area contributed by atoms with E-state index in [4.69, 9.17) is 14.2 Å². The molecule has 5 heteroatoms. The molecule has 0 aromatic heterocycles. The molecule has 1 unspecified atom stereocenters. The van der Waals surface area contributed by atoms with Gasteiger partial charge in [-0.25, -0.2) is 0 Å². The zero-order valence-corrected chi connectivity index (χ0v) is 15.7. The minimum absolute atomic E-state index is 0.212. The molecule has 140 valence electrons. The number of rotatable bonds is 11. The first-order valence-electron chi connectivity index (χ1n) is 8.71. The molecular formula is C21H27NO4. The van der Waals surface area contributed by atoms with Gasteiger partial charge in [0.1, 0.15) is 6.29 Å². The Morgan fingerprint density at radius 3 is 2.19 bits per heavy atom. The molecule has 2 aromatic rings. The maximum Gasteiger partial charge on any atom is 0.203 e. The molecule has 0 aliphatic rings. The summed E-state index contributed by atoms with van der Waals surface area (Å²) in [5.74, 6) is 2.08. The zero-order valence-electron chi connectivity index (χ0n) is 15.7. The quantitative estimate of drug-likeness (QED) is 0.494. The molecule has 0 aliphatic carbocycles. The highest BCUT2D eigenvalue weighted by Gasteiger charge is 2.19. The van der Waals surface area contributed by atoms with E-state index in [-0.39, 0.29) is 5.92 Å². The van der Waals surface area contributed by atoms with Crippen LogP contribution in [-0.2, 0) is 11.2 Å². The summed E-state index contributed by atoms with van der Waals surface area (Å²) < 4.78 is 16.4. The fourth-order valence-corrected chi connectivity index (χ4v) is 3.03. The molecule has 26 heavy (non-hydrogen) atoms. The number of carbonyl (C=O) groups is 1. The lowest BCUT2D eigenvalue weighted by molar-refractivity contribution is -0.107. The third-order valence-electron chi connectivity index (χ3n) is 4.40. The van der Waals surface area contributed by atoms with Crippen molar-refractivity contribution in [2.45, 2.75) is 18.8 Å². The van der Waals surface area contributed by atoms with Gasteiger partial charge < -0.3 is 24.3 Å². The Kier molecular flexibility index (Phi) is 7.96. The van der Waals surface area contributed by atoms with E-state index >= 15 is 0 Å². The van der Waals surface area contributed by atoms with Gasteiger partial charge in [0.2, 0.25) is 5.75 Å². The van der Waals surface area contributed by atoms with Gasteiger partial charge in [-0.1, -0.05) is 30.3 Å². The number of methoxy groups -OCH3 is 3. The second-order valence-electron chi connectivity index (χ2n) is 6.00. The van der Waals surface area contributed by atoms with Gasteiger partial charge in [-0.2, -0.15) is 0 Å². The Bertz CT molecular complexity index is 663. The zero-order chi connectivity index (χ0) is 18.8. The Morgan fingerprint density at radius 2 is 1.65 bits per heavy atom. The van der Waals surface area contributed by atoms with Crippen molar-refractivity contribution in [3.05, 3.63) is 53.6 Å². The summed E-state index contributed by atoms with van der Waals surface area (Å²) in [6.07, 6.45) is 2.77. The summed E-state index contributed by atoms with van der Waals surface area (Å²) in [6.45, 7) is 1.04. The molecule has 0 amide bonds. The summed E-state index contributed by atoms with van der Waals surface area (Å²) in [5.41, 5.74) is 2.38. The highest BCUT2D eigenvalue weighted by Crippen LogP contribution is 2.40. The van der Waals surface area contributed by atoms with Gasteiger partial charge in [-0.3, -0.25) is 0 Å². The number of carbonyl (C=O) groups excluding carboxylic acids is 1. The molecule has 1 N–H and O–H groups in total. The second-order valence-corrected chi connectivity index (χ2v) is 6.00. The number of hydrogen-bond acceptors (Lipinski definition) is 5. The molecule has 1 atom stereocenters. The molecule has 2 aromatic carbocycles. The number of aldehydes is 1. The largest absolute Gasteiger partial charge is 0.493 e. The third kappa shape index (κ3) is 5.23. The van der Waals surface area contributed by atoms with Gasteiger partial charge in [0.05, 0.1) is 27.9 Å². The number of ether oxygens (including phenoxy) is 3. The third-order valence-corrected chi connectivity index (χ3v) is 4.40. The van der Waals surface area contributed by atoms with Crippen molar-refractivity contribution in [2.24, 2.45) is 0 Å². The summed E-state index contributed by atoms with van der Waals surface area (Å²) in [7, 11) is 4.83. The Balaban J connectivity index is 2.26.